The minimum Gasteiger partial charge on any atom is -0.327 e. The number of hydrogen-bond acceptors (Lipinski definition) is 3. The fraction of sp³-hybridized carbons (Fsp3) is 0.222. The topological polar surface area (TPSA) is 54.5 Å². The van der Waals surface area contributed by atoms with E-state index in [0.29, 0.717) is 33.4 Å². The van der Waals surface area contributed by atoms with Crippen LogP contribution < -0.4 is 0 Å². The van der Waals surface area contributed by atoms with Gasteiger partial charge in [-0.1, -0.05) is 23.2 Å². The van der Waals surface area contributed by atoms with Crippen LogP contribution in [0.1, 0.15) is 12.5 Å². The molecule has 0 aliphatic rings. The Kier molecular flexibility index (Phi) is 2.51. The molecule has 2 aromatic rings. The average molecular weight is 241 g/mol. The third-order valence-electron chi connectivity index (χ3n) is 2.16. The second-order valence-corrected chi connectivity index (χ2v) is 3.60. The first-order valence-corrected chi connectivity index (χ1v) is 5.04. The quantitative estimate of drug-likeness (QED) is 0.721. The first-order chi connectivity index (χ1) is 7.20. The van der Waals surface area contributed by atoms with Crippen molar-refractivity contribution in [3.05, 3.63) is 22.2 Å². The lowest BCUT2D eigenvalue weighted by atomic mass is 10.3. The minimum absolute atomic E-state index is 0.310. The highest BCUT2D eigenvalue weighted by Gasteiger charge is 2.18. The summed E-state index contributed by atoms with van der Waals surface area (Å²) in [6.07, 6.45) is 1.32. The van der Waals surface area contributed by atoms with Gasteiger partial charge in [-0.3, -0.25) is 0 Å². The third kappa shape index (κ3) is 1.36. The molecule has 6 heteroatoms. The van der Waals surface area contributed by atoms with Gasteiger partial charge in [0, 0.05) is 6.54 Å². The molecular formula is C9H6Cl2N4. The largest absolute Gasteiger partial charge is 0.327 e. The molecule has 0 unspecified atom stereocenters. The molecule has 0 saturated heterocycles. The van der Waals surface area contributed by atoms with Crippen LogP contribution in [0.2, 0.25) is 10.3 Å². The lowest BCUT2D eigenvalue weighted by Crippen LogP contribution is -1.95. The fourth-order valence-corrected chi connectivity index (χ4v) is 2.08. The van der Waals surface area contributed by atoms with Crippen molar-refractivity contribution in [2.24, 2.45) is 0 Å². The molecule has 2 heterocycles. The average Bonchev–Trinajstić information content (AvgIpc) is 2.51. The first kappa shape index (κ1) is 10.2. The molecule has 0 amide bonds. The molecule has 0 aromatic carbocycles. The van der Waals surface area contributed by atoms with Gasteiger partial charge in [0.2, 0.25) is 0 Å². The van der Waals surface area contributed by atoms with E-state index < -0.39 is 0 Å². The van der Waals surface area contributed by atoms with E-state index in [-0.39, 0.29) is 0 Å². The Balaban J connectivity index is 3.00. The molecule has 0 fully saturated rings. The zero-order chi connectivity index (χ0) is 11.0. The third-order valence-corrected chi connectivity index (χ3v) is 2.83. The molecule has 0 radical (unpaired) electrons. The summed E-state index contributed by atoms with van der Waals surface area (Å²) in [5, 5.41) is 9.63. The van der Waals surface area contributed by atoms with Crippen LogP contribution in [0.5, 0.6) is 0 Å². The van der Waals surface area contributed by atoms with Gasteiger partial charge in [0.25, 0.3) is 0 Å². The summed E-state index contributed by atoms with van der Waals surface area (Å²) >= 11 is 12.0. The normalized spacial score (nSPS) is 10.5. The number of hydrogen-bond donors (Lipinski definition) is 0. The van der Waals surface area contributed by atoms with Crippen molar-refractivity contribution >= 4 is 34.2 Å². The molecule has 2 aromatic heterocycles. The van der Waals surface area contributed by atoms with E-state index in [1.54, 1.807) is 4.57 Å². The summed E-state index contributed by atoms with van der Waals surface area (Å²) < 4.78 is 1.72. The summed E-state index contributed by atoms with van der Waals surface area (Å²) in [5.74, 6) is 0. The highest BCUT2D eigenvalue weighted by molar-refractivity contribution is 6.36. The zero-order valence-corrected chi connectivity index (χ0v) is 9.34. The van der Waals surface area contributed by atoms with E-state index in [4.69, 9.17) is 28.5 Å². The van der Waals surface area contributed by atoms with Crippen LogP contribution in [0.3, 0.4) is 0 Å². The zero-order valence-electron chi connectivity index (χ0n) is 7.83. The molecule has 0 atom stereocenters. The van der Waals surface area contributed by atoms with Crippen LogP contribution >= 0.6 is 23.2 Å². The van der Waals surface area contributed by atoms with Crippen LogP contribution in [-0.4, -0.2) is 14.5 Å². The van der Waals surface area contributed by atoms with E-state index in [9.17, 15) is 0 Å². The van der Waals surface area contributed by atoms with Gasteiger partial charge in [-0.15, -0.1) is 0 Å². The summed E-state index contributed by atoms with van der Waals surface area (Å²) in [7, 11) is 0. The fourth-order valence-electron chi connectivity index (χ4n) is 1.51. The lowest BCUT2D eigenvalue weighted by molar-refractivity contribution is 0.795. The molecule has 0 bridgehead atoms. The second kappa shape index (κ2) is 3.69. The Bertz CT molecular complexity index is 567. The molecular weight excluding hydrogens is 235 g/mol. The maximum absolute atomic E-state index is 8.96. The Morgan fingerprint density at radius 1 is 1.47 bits per heavy atom. The molecule has 4 nitrogen and oxygen atoms in total. The molecule has 0 saturated carbocycles. The van der Waals surface area contributed by atoms with Crippen LogP contribution in [-0.2, 0) is 6.54 Å². The van der Waals surface area contributed by atoms with E-state index in [2.05, 4.69) is 9.97 Å². The molecule has 0 N–H and O–H groups in total. The second-order valence-electron chi connectivity index (χ2n) is 2.88. The SMILES string of the molecule is CCn1c(Cl)c(C#N)c2ncnc(Cl)c21. The monoisotopic (exact) mass is 240 g/mol. The van der Waals surface area contributed by atoms with Crippen molar-refractivity contribution < 1.29 is 0 Å². The van der Waals surface area contributed by atoms with Crippen molar-refractivity contribution in [3.8, 4) is 6.07 Å². The van der Waals surface area contributed by atoms with E-state index in [1.165, 1.54) is 6.33 Å². The Hall–Kier alpha value is -1.31. The maximum Gasteiger partial charge on any atom is 0.156 e. The maximum atomic E-state index is 8.96. The summed E-state index contributed by atoms with van der Waals surface area (Å²) in [4.78, 5) is 7.89. The van der Waals surface area contributed by atoms with Crippen molar-refractivity contribution in [3.63, 3.8) is 0 Å². The van der Waals surface area contributed by atoms with Crippen LogP contribution in [0.25, 0.3) is 11.0 Å². The highest BCUT2D eigenvalue weighted by atomic mass is 35.5. The van der Waals surface area contributed by atoms with Gasteiger partial charge in [-0.2, -0.15) is 5.26 Å². The van der Waals surface area contributed by atoms with Gasteiger partial charge in [0.05, 0.1) is 0 Å². The summed E-state index contributed by atoms with van der Waals surface area (Å²) in [6.45, 7) is 2.53. The van der Waals surface area contributed by atoms with Crippen LogP contribution in [0.15, 0.2) is 6.33 Å². The van der Waals surface area contributed by atoms with Gasteiger partial charge in [0.15, 0.2) is 5.15 Å². The standard InChI is InChI=1S/C9H6Cl2N4/c1-2-15-7-6(5(3-12)9(15)11)13-4-14-8(7)10/h4H,2H2,1H3. The molecule has 0 aliphatic carbocycles. The highest BCUT2D eigenvalue weighted by Crippen LogP contribution is 2.30. The van der Waals surface area contributed by atoms with Gasteiger partial charge in [-0.25, -0.2) is 9.97 Å². The number of rotatable bonds is 1. The number of aryl methyl sites for hydroxylation is 1. The minimum atomic E-state index is 0.310. The number of aromatic nitrogens is 3. The first-order valence-electron chi connectivity index (χ1n) is 4.29. The Labute approximate surface area is 96.1 Å². The van der Waals surface area contributed by atoms with Gasteiger partial charge in [-0.05, 0) is 6.92 Å². The number of fused-ring (bicyclic) bond motifs is 1. The predicted molar refractivity (Wildman–Crippen MR) is 57.9 cm³/mol. The number of nitrogens with zero attached hydrogens (tertiary/aromatic N) is 4. The van der Waals surface area contributed by atoms with Crippen molar-refractivity contribution in [2.75, 3.05) is 0 Å². The van der Waals surface area contributed by atoms with E-state index in [0.717, 1.165) is 0 Å². The predicted octanol–water partition coefficient (Wildman–Crippen LogP) is 2.63. The number of nitriles is 1. The Morgan fingerprint density at radius 2 is 2.20 bits per heavy atom. The van der Waals surface area contributed by atoms with Crippen LogP contribution in [0.4, 0.5) is 0 Å². The summed E-state index contributed by atoms with van der Waals surface area (Å²) in [6, 6.07) is 2.02. The number of halogens is 2. The van der Waals surface area contributed by atoms with E-state index >= 15 is 0 Å². The molecule has 0 aliphatic heterocycles. The van der Waals surface area contributed by atoms with E-state index in [1.807, 2.05) is 13.0 Å². The lowest BCUT2D eigenvalue weighted by Gasteiger charge is -2.01. The van der Waals surface area contributed by atoms with Crippen molar-refractivity contribution in [2.45, 2.75) is 13.5 Å². The van der Waals surface area contributed by atoms with Crippen molar-refractivity contribution in [1.29, 1.82) is 5.26 Å². The smallest absolute Gasteiger partial charge is 0.156 e. The molecule has 15 heavy (non-hydrogen) atoms. The Morgan fingerprint density at radius 3 is 2.80 bits per heavy atom. The van der Waals surface area contributed by atoms with Gasteiger partial charge >= 0.3 is 0 Å². The molecule has 2 rings (SSSR count). The van der Waals surface area contributed by atoms with Gasteiger partial charge in [0.1, 0.15) is 34.1 Å². The van der Waals surface area contributed by atoms with Crippen molar-refractivity contribution in [1.82, 2.24) is 14.5 Å². The summed E-state index contributed by atoms with van der Waals surface area (Å²) in [5.41, 5.74) is 1.46. The molecule has 76 valence electrons. The van der Waals surface area contributed by atoms with Gasteiger partial charge < -0.3 is 4.57 Å². The molecule has 0 spiro atoms. The van der Waals surface area contributed by atoms with Crippen LogP contribution in [0, 0.1) is 11.3 Å².